The van der Waals surface area contributed by atoms with Crippen LogP contribution < -0.4 is 5.32 Å². The van der Waals surface area contributed by atoms with Gasteiger partial charge in [0.2, 0.25) is 0 Å². The molecule has 0 amide bonds. The van der Waals surface area contributed by atoms with Crippen molar-refractivity contribution in [1.29, 1.82) is 0 Å². The van der Waals surface area contributed by atoms with Crippen molar-refractivity contribution in [3.05, 3.63) is 180 Å². The van der Waals surface area contributed by atoms with Crippen LogP contribution in [-0.2, 0) is 0 Å². The number of rotatable bonds is 4. The lowest BCUT2D eigenvalue weighted by Crippen LogP contribution is -2.36. The van der Waals surface area contributed by atoms with E-state index in [4.69, 9.17) is 18.8 Å². The van der Waals surface area contributed by atoms with Crippen LogP contribution in [-0.4, -0.2) is 11.7 Å². The fourth-order valence-corrected chi connectivity index (χ4v) is 7.80. The van der Waals surface area contributed by atoms with Gasteiger partial charge in [-0.1, -0.05) is 121 Å². The van der Waals surface area contributed by atoms with E-state index in [1.54, 1.807) is 0 Å². The number of benzene rings is 8. The van der Waals surface area contributed by atoms with Gasteiger partial charge in [0.15, 0.2) is 6.17 Å². The first-order valence-corrected chi connectivity index (χ1v) is 17.5. The standard InChI is InChI=1S/C47H29N3O2/c1-2-11-29(12-3-1)45-48-46(34-21-20-28-10-4-5-13-30(28)24-34)50-47(49-45)36-17-9-19-41-44(36)37-26-33(22-23-39(37)51-41)35-16-8-18-40-43(35)38-25-31-14-6-7-15-32(31)27-42(38)52-40/h1-27,47H,(H,48,49,50). The molecule has 0 saturated heterocycles. The summed E-state index contributed by atoms with van der Waals surface area (Å²) in [6, 6.07) is 56.9. The number of furan rings is 2. The molecule has 2 aromatic heterocycles. The second-order valence-electron chi connectivity index (χ2n) is 13.4. The fourth-order valence-electron chi connectivity index (χ4n) is 7.80. The molecule has 0 spiro atoms. The Labute approximate surface area is 298 Å². The molecule has 244 valence electrons. The first kappa shape index (κ1) is 28.8. The van der Waals surface area contributed by atoms with E-state index in [0.29, 0.717) is 0 Å². The largest absolute Gasteiger partial charge is 0.456 e. The second kappa shape index (κ2) is 11.3. The lowest BCUT2D eigenvalue weighted by molar-refractivity contribution is 0.667. The summed E-state index contributed by atoms with van der Waals surface area (Å²) in [5.41, 5.74) is 8.58. The van der Waals surface area contributed by atoms with Gasteiger partial charge in [-0.15, -0.1) is 0 Å². The molecule has 1 unspecified atom stereocenters. The van der Waals surface area contributed by atoms with Crippen molar-refractivity contribution in [3.8, 4) is 11.1 Å². The first-order chi connectivity index (χ1) is 25.7. The van der Waals surface area contributed by atoms with E-state index in [1.807, 2.05) is 30.3 Å². The quantitative estimate of drug-likeness (QED) is 0.203. The molecule has 0 aliphatic carbocycles. The highest BCUT2D eigenvalue weighted by molar-refractivity contribution is 6.18. The SMILES string of the molecule is c1ccc(C2=NC(c3cccc4oc5ccc(-c6cccc7oc8cc9ccccc9cc8c67)cc5c34)N=C(c3ccc4ccccc4c3)N2)cc1. The van der Waals surface area contributed by atoms with Crippen molar-refractivity contribution in [2.75, 3.05) is 0 Å². The molecule has 11 rings (SSSR count). The van der Waals surface area contributed by atoms with Crippen molar-refractivity contribution in [2.45, 2.75) is 6.17 Å². The van der Waals surface area contributed by atoms with Crippen LogP contribution in [0.2, 0.25) is 0 Å². The number of amidine groups is 2. The molecular weight excluding hydrogens is 639 g/mol. The van der Waals surface area contributed by atoms with E-state index < -0.39 is 6.17 Å². The van der Waals surface area contributed by atoms with Crippen molar-refractivity contribution in [3.63, 3.8) is 0 Å². The summed E-state index contributed by atoms with van der Waals surface area (Å²) in [6.07, 6.45) is -0.499. The average Bonchev–Trinajstić information content (AvgIpc) is 3.77. The third-order valence-corrected chi connectivity index (χ3v) is 10.3. The number of aliphatic imine (C=N–C) groups is 2. The number of hydrogen-bond donors (Lipinski definition) is 1. The minimum Gasteiger partial charge on any atom is -0.456 e. The maximum atomic E-state index is 6.51. The van der Waals surface area contributed by atoms with Crippen LogP contribution in [0.3, 0.4) is 0 Å². The molecule has 1 N–H and O–H groups in total. The summed E-state index contributed by atoms with van der Waals surface area (Å²) >= 11 is 0. The van der Waals surface area contributed by atoms with Gasteiger partial charge in [-0.3, -0.25) is 0 Å². The number of nitrogens with one attached hydrogen (secondary N) is 1. The molecule has 1 aliphatic heterocycles. The van der Waals surface area contributed by atoms with Crippen molar-refractivity contribution in [1.82, 2.24) is 5.32 Å². The van der Waals surface area contributed by atoms with Crippen LogP contribution in [0.5, 0.6) is 0 Å². The number of fused-ring (bicyclic) bond motifs is 8. The highest BCUT2D eigenvalue weighted by atomic mass is 16.3. The lowest BCUT2D eigenvalue weighted by Gasteiger charge is -2.23. The Kier molecular flexibility index (Phi) is 6.25. The third-order valence-electron chi connectivity index (χ3n) is 10.3. The summed E-state index contributed by atoms with van der Waals surface area (Å²) in [5.74, 6) is 1.56. The molecule has 10 aromatic rings. The first-order valence-electron chi connectivity index (χ1n) is 17.5. The van der Waals surface area contributed by atoms with E-state index in [0.717, 1.165) is 94.1 Å². The summed E-state index contributed by atoms with van der Waals surface area (Å²) in [7, 11) is 0. The maximum Gasteiger partial charge on any atom is 0.170 e. The Morgan fingerprint density at radius 1 is 0.404 bits per heavy atom. The molecule has 52 heavy (non-hydrogen) atoms. The Hall–Kier alpha value is -6.98. The molecule has 1 aliphatic rings. The van der Waals surface area contributed by atoms with Gasteiger partial charge in [-0.05, 0) is 75.1 Å². The van der Waals surface area contributed by atoms with Gasteiger partial charge in [-0.2, -0.15) is 0 Å². The van der Waals surface area contributed by atoms with E-state index >= 15 is 0 Å². The van der Waals surface area contributed by atoms with Gasteiger partial charge >= 0.3 is 0 Å². The van der Waals surface area contributed by atoms with E-state index in [9.17, 15) is 0 Å². The zero-order valence-electron chi connectivity index (χ0n) is 27.9. The Morgan fingerprint density at radius 3 is 1.87 bits per heavy atom. The van der Waals surface area contributed by atoms with Crippen LogP contribution in [0.25, 0.3) is 76.5 Å². The monoisotopic (exact) mass is 667 g/mol. The highest BCUT2D eigenvalue weighted by Crippen LogP contribution is 2.42. The van der Waals surface area contributed by atoms with Crippen molar-refractivity contribution < 1.29 is 8.83 Å². The van der Waals surface area contributed by atoms with Crippen LogP contribution >= 0.6 is 0 Å². The van der Waals surface area contributed by atoms with Crippen LogP contribution in [0.4, 0.5) is 0 Å². The van der Waals surface area contributed by atoms with Crippen molar-refractivity contribution in [2.24, 2.45) is 9.98 Å². The zero-order valence-corrected chi connectivity index (χ0v) is 27.9. The summed E-state index contributed by atoms with van der Waals surface area (Å²) < 4.78 is 12.9. The third kappa shape index (κ3) is 4.56. The van der Waals surface area contributed by atoms with Gasteiger partial charge in [0.25, 0.3) is 0 Å². The molecule has 0 fully saturated rings. The smallest absolute Gasteiger partial charge is 0.170 e. The van der Waals surface area contributed by atoms with Crippen LogP contribution in [0.15, 0.2) is 183 Å². The van der Waals surface area contributed by atoms with Gasteiger partial charge in [0, 0.05) is 38.2 Å². The second-order valence-corrected chi connectivity index (χ2v) is 13.4. The lowest BCUT2D eigenvalue weighted by atomic mass is 9.96. The summed E-state index contributed by atoms with van der Waals surface area (Å²) in [5, 5.41) is 12.5. The minimum absolute atomic E-state index is 0.499. The van der Waals surface area contributed by atoms with Crippen LogP contribution in [0, 0.1) is 0 Å². The molecular formula is C47H29N3O2. The molecule has 5 heteroatoms. The Morgan fingerprint density at radius 2 is 1.04 bits per heavy atom. The number of nitrogens with zero attached hydrogens (tertiary/aromatic N) is 2. The molecule has 8 aromatic carbocycles. The molecule has 1 atom stereocenters. The fraction of sp³-hybridized carbons (Fsp3) is 0.0213. The van der Waals surface area contributed by atoms with E-state index in [1.165, 1.54) is 10.8 Å². The number of hydrogen-bond acceptors (Lipinski definition) is 5. The van der Waals surface area contributed by atoms with E-state index in [-0.39, 0.29) is 0 Å². The molecule has 0 saturated carbocycles. The zero-order chi connectivity index (χ0) is 34.2. The Bertz CT molecular complexity index is 3110. The van der Waals surface area contributed by atoms with Gasteiger partial charge in [0.05, 0.1) is 0 Å². The molecule has 0 radical (unpaired) electrons. The summed E-state index contributed by atoms with van der Waals surface area (Å²) in [6.45, 7) is 0. The maximum absolute atomic E-state index is 6.51. The molecule has 3 heterocycles. The van der Waals surface area contributed by atoms with Crippen molar-refractivity contribution >= 4 is 77.1 Å². The molecule has 0 bridgehead atoms. The highest BCUT2D eigenvalue weighted by Gasteiger charge is 2.25. The van der Waals surface area contributed by atoms with Crippen LogP contribution in [0.1, 0.15) is 22.9 Å². The van der Waals surface area contributed by atoms with E-state index in [2.05, 4.69) is 139 Å². The predicted molar refractivity (Wildman–Crippen MR) is 213 cm³/mol. The summed E-state index contributed by atoms with van der Waals surface area (Å²) in [4.78, 5) is 10.5. The molecule has 5 nitrogen and oxygen atoms in total. The van der Waals surface area contributed by atoms with Gasteiger partial charge in [0.1, 0.15) is 34.0 Å². The van der Waals surface area contributed by atoms with Gasteiger partial charge in [-0.25, -0.2) is 9.98 Å². The van der Waals surface area contributed by atoms with Gasteiger partial charge < -0.3 is 14.2 Å². The normalized spacial score (nSPS) is 14.7. The topological polar surface area (TPSA) is 63.0 Å². The average molecular weight is 668 g/mol. The minimum atomic E-state index is -0.499. The predicted octanol–water partition coefficient (Wildman–Crippen LogP) is 12.0. The Balaban J connectivity index is 1.10.